The molecule has 21 heavy (non-hydrogen) atoms. The minimum absolute atomic E-state index is 0.482. The molecule has 0 aliphatic heterocycles. The molecule has 0 bridgehead atoms. The average Bonchev–Trinajstić information content (AvgIpc) is 2.51. The monoisotopic (exact) mass is 292 g/mol. The van der Waals surface area contributed by atoms with Gasteiger partial charge in [-0.05, 0) is 52.3 Å². The molecule has 0 amide bonds. The second-order valence-electron chi connectivity index (χ2n) is 6.10. The SMILES string of the molecule is CCC(C)NCC(C)N(C)C(C)Cc1ccccc1OC. The van der Waals surface area contributed by atoms with Gasteiger partial charge in [-0.15, -0.1) is 0 Å². The van der Waals surface area contributed by atoms with E-state index >= 15 is 0 Å². The van der Waals surface area contributed by atoms with Gasteiger partial charge in [-0.1, -0.05) is 25.1 Å². The molecular weight excluding hydrogens is 260 g/mol. The minimum atomic E-state index is 0.482. The minimum Gasteiger partial charge on any atom is -0.496 e. The van der Waals surface area contributed by atoms with E-state index in [0.717, 1.165) is 18.7 Å². The summed E-state index contributed by atoms with van der Waals surface area (Å²) in [5, 5.41) is 3.59. The molecule has 3 heteroatoms. The average molecular weight is 292 g/mol. The molecular formula is C18H32N2O. The molecule has 1 aromatic rings. The van der Waals surface area contributed by atoms with Crippen LogP contribution in [-0.2, 0) is 6.42 Å². The first kappa shape index (κ1) is 18.0. The highest BCUT2D eigenvalue weighted by Crippen LogP contribution is 2.20. The van der Waals surface area contributed by atoms with Crippen molar-refractivity contribution in [1.29, 1.82) is 0 Å². The zero-order valence-electron chi connectivity index (χ0n) is 14.5. The van der Waals surface area contributed by atoms with Crippen molar-refractivity contribution >= 4 is 0 Å². The van der Waals surface area contributed by atoms with E-state index in [1.807, 2.05) is 12.1 Å². The first-order valence-corrected chi connectivity index (χ1v) is 8.06. The van der Waals surface area contributed by atoms with Crippen molar-refractivity contribution in [3.05, 3.63) is 29.8 Å². The van der Waals surface area contributed by atoms with E-state index in [1.165, 1.54) is 12.0 Å². The summed E-state index contributed by atoms with van der Waals surface area (Å²) in [6.45, 7) is 10.1. The van der Waals surface area contributed by atoms with Crippen LogP contribution in [0.25, 0.3) is 0 Å². The maximum absolute atomic E-state index is 5.45. The lowest BCUT2D eigenvalue weighted by Crippen LogP contribution is -2.45. The zero-order chi connectivity index (χ0) is 15.8. The summed E-state index contributed by atoms with van der Waals surface area (Å²) in [7, 11) is 3.95. The fourth-order valence-electron chi connectivity index (χ4n) is 2.43. The number of hydrogen-bond acceptors (Lipinski definition) is 3. The van der Waals surface area contributed by atoms with E-state index in [0.29, 0.717) is 18.1 Å². The van der Waals surface area contributed by atoms with Crippen LogP contribution in [0, 0.1) is 0 Å². The lowest BCUT2D eigenvalue weighted by molar-refractivity contribution is 0.187. The van der Waals surface area contributed by atoms with Crippen molar-refractivity contribution in [2.24, 2.45) is 0 Å². The van der Waals surface area contributed by atoms with E-state index in [9.17, 15) is 0 Å². The summed E-state index contributed by atoms with van der Waals surface area (Å²) >= 11 is 0. The number of hydrogen-bond donors (Lipinski definition) is 1. The van der Waals surface area contributed by atoms with Crippen LogP contribution in [0.2, 0.25) is 0 Å². The highest BCUT2D eigenvalue weighted by molar-refractivity contribution is 5.33. The highest BCUT2D eigenvalue weighted by Gasteiger charge is 2.17. The third-order valence-corrected chi connectivity index (χ3v) is 4.47. The molecule has 0 aromatic heterocycles. The maximum Gasteiger partial charge on any atom is 0.122 e. The van der Waals surface area contributed by atoms with Crippen molar-refractivity contribution in [1.82, 2.24) is 10.2 Å². The number of benzene rings is 1. The van der Waals surface area contributed by atoms with Crippen LogP contribution in [-0.4, -0.2) is 43.7 Å². The van der Waals surface area contributed by atoms with Crippen LogP contribution in [0.1, 0.15) is 39.7 Å². The Morgan fingerprint density at radius 1 is 1.14 bits per heavy atom. The molecule has 0 radical (unpaired) electrons. The predicted octanol–water partition coefficient (Wildman–Crippen LogP) is 3.33. The fourth-order valence-corrected chi connectivity index (χ4v) is 2.43. The Morgan fingerprint density at radius 3 is 2.43 bits per heavy atom. The van der Waals surface area contributed by atoms with E-state index in [-0.39, 0.29) is 0 Å². The topological polar surface area (TPSA) is 24.5 Å². The number of rotatable bonds is 9. The fraction of sp³-hybridized carbons (Fsp3) is 0.667. The van der Waals surface area contributed by atoms with E-state index < -0.39 is 0 Å². The highest BCUT2D eigenvalue weighted by atomic mass is 16.5. The number of methoxy groups -OCH3 is 1. The summed E-state index contributed by atoms with van der Waals surface area (Å²) in [4.78, 5) is 2.45. The standard InChI is InChI=1S/C18H32N2O/c1-7-14(2)19-13-16(4)20(5)15(3)12-17-10-8-9-11-18(17)21-6/h8-11,14-16,19H,7,12-13H2,1-6H3. The number of para-hydroxylation sites is 1. The molecule has 0 aliphatic carbocycles. The summed E-state index contributed by atoms with van der Waals surface area (Å²) in [5.74, 6) is 0.989. The van der Waals surface area contributed by atoms with Crippen molar-refractivity contribution in [3.8, 4) is 5.75 Å². The number of nitrogens with zero attached hydrogens (tertiary/aromatic N) is 1. The first-order valence-electron chi connectivity index (χ1n) is 8.06. The van der Waals surface area contributed by atoms with E-state index in [4.69, 9.17) is 4.74 Å². The molecule has 1 aromatic carbocycles. The molecule has 120 valence electrons. The Morgan fingerprint density at radius 2 is 1.81 bits per heavy atom. The van der Waals surface area contributed by atoms with E-state index in [2.05, 4.69) is 57.1 Å². The van der Waals surface area contributed by atoms with Crippen LogP contribution in [0.3, 0.4) is 0 Å². The summed E-state index contributed by atoms with van der Waals surface area (Å²) in [5.41, 5.74) is 1.28. The third kappa shape index (κ3) is 5.68. The van der Waals surface area contributed by atoms with Gasteiger partial charge in [0.15, 0.2) is 0 Å². The van der Waals surface area contributed by atoms with Crippen LogP contribution in [0.4, 0.5) is 0 Å². The molecule has 0 saturated heterocycles. The van der Waals surface area contributed by atoms with Crippen LogP contribution in [0.15, 0.2) is 24.3 Å². The lowest BCUT2D eigenvalue weighted by atomic mass is 10.0. The molecule has 0 fully saturated rings. The van der Waals surface area contributed by atoms with Gasteiger partial charge in [0.25, 0.3) is 0 Å². The van der Waals surface area contributed by atoms with Gasteiger partial charge in [-0.25, -0.2) is 0 Å². The van der Waals surface area contributed by atoms with Crippen molar-refractivity contribution < 1.29 is 4.74 Å². The van der Waals surface area contributed by atoms with E-state index in [1.54, 1.807) is 7.11 Å². The Kier molecular flexibility index (Phi) is 7.76. The van der Waals surface area contributed by atoms with Crippen molar-refractivity contribution in [2.45, 2.75) is 58.7 Å². The van der Waals surface area contributed by atoms with Crippen molar-refractivity contribution in [2.75, 3.05) is 20.7 Å². The first-order chi connectivity index (χ1) is 9.99. The molecule has 0 aliphatic rings. The van der Waals surface area contributed by atoms with Gasteiger partial charge in [0.05, 0.1) is 7.11 Å². The number of likely N-dealkylation sites (N-methyl/N-ethyl adjacent to an activating group) is 1. The smallest absolute Gasteiger partial charge is 0.122 e. The second-order valence-corrected chi connectivity index (χ2v) is 6.10. The Labute approximate surface area is 130 Å². The zero-order valence-corrected chi connectivity index (χ0v) is 14.5. The Bertz CT molecular complexity index is 408. The molecule has 3 atom stereocenters. The second kappa shape index (κ2) is 9.06. The van der Waals surface area contributed by atoms with Gasteiger partial charge < -0.3 is 10.1 Å². The summed E-state index contributed by atoms with van der Waals surface area (Å²) in [6.07, 6.45) is 2.18. The van der Waals surface area contributed by atoms with Crippen LogP contribution < -0.4 is 10.1 Å². The third-order valence-electron chi connectivity index (χ3n) is 4.47. The quantitative estimate of drug-likeness (QED) is 0.755. The molecule has 1 N–H and O–H groups in total. The molecule has 3 unspecified atom stereocenters. The molecule has 0 heterocycles. The van der Waals surface area contributed by atoms with Gasteiger partial charge in [0.2, 0.25) is 0 Å². The summed E-state index contributed by atoms with van der Waals surface area (Å²) < 4.78 is 5.45. The van der Waals surface area contributed by atoms with Gasteiger partial charge in [0.1, 0.15) is 5.75 Å². The molecule has 0 spiro atoms. The summed E-state index contributed by atoms with van der Waals surface area (Å²) in [6, 6.07) is 9.89. The Balaban J connectivity index is 2.55. The molecule has 3 nitrogen and oxygen atoms in total. The van der Waals surface area contributed by atoms with Gasteiger partial charge in [-0.3, -0.25) is 4.90 Å². The number of ether oxygens (including phenoxy) is 1. The maximum atomic E-state index is 5.45. The molecule has 0 saturated carbocycles. The largest absolute Gasteiger partial charge is 0.496 e. The Hall–Kier alpha value is -1.06. The normalized spacial score (nSPS) is 15.8. The van der Waals surface area contributed by atoms with Gasteiger partial charge >= 0.3 is 0 Å². The molecule has 1 rings (SSSR count). The van der Waals surface area contributed by atoms with Crippen molar-refractivity contribution in [3.63, 3.8) is 0 Å². The predicted molar refractivity (Wildman–Crippen MR) is 91.1 cm³/mol. The van der Waals surface area contributed by atoms with Crippen LogP contribution in [0.5, 0.6) is 5.75 Å². The van der Waals surface area contributed by atoms with Crippen LogP contribution >= 0.6 is 0 Å². The lowest BCUT2D eigenvalue weighted by Gasteiger charge is -2.32. The van der Waals surface area contributed by atoms with Gasteiger partial charge in [0, 0.05) is 24.7 Å². The number of nitrogens with one attached hydrogen (secondary N) is 1. The van der Waals surface area contributed by atoms with Gasteiger partial charge in [-0.2, -0.15) is 0 Å².